The molecular formula is C18H25N5OS. The van der Waals surface area contributed by atoms with Crippen molar-refractivity contribution in [1.82, 2.24) is 15.3 Å². The van der Waals surface area contributed by atoms with Gasteiger partial charge in [0.25, 0.3) is 0 Å². The van der Waals surface area contributed by atoms with Crippen LogP contribution >= 0.6 is 11.8 Å². The molecule has 1 aliphatic heterocycles. The highest BCUT2D eigenvalue weighted by atomic mass is 32.2. The third kappa shape index (κ3) is 4.42. The summed E-state index contributed by atoms with van der Waals surface area (Å²) in [4.78, 5) is 8.39. The lowest BCUT2D eigenvalue weighted by atomic mass is 10.0. The van der Waals surface area contributed by atoms with Gasteiger partial charge in [0.2, 0.25) is 0 Å². The number of nitrogens with one attached hydrogen (secondary N) is 2. The quantitative estimate of drug-likeness (QED) is 0.571. The second kappa shape index (κ2) is 8.03. The molecule has 0 fully saturated rings. The number of nitrogen functional groups attached to an aromatic ring is 1. The van der Waals surface area contributed by atoms with E-state index in [0.717, 1.165) is 36.0 Å². The van der Waals surface area contributed by atoms with E-state index in [2.05, 4.69) is 51.8 Å². The van der Waals surface area contributed by atoms with Crippen molar-refractivity contribution in [3.63, 3.8) is 0 Å². The van der Waals surface area contributed by atoms with Gasteiger partial charge in [0, 0.05) is 36.1 Å². The van der Waals surface area contributed by atoms with Crippen LogP contribution in [0.1, 0.15) is 24.1 Å². The van der Waals surface area contributed by atoms with E-state index in [-0.39, 0.29) is 18.1 Å². The van der Waals surface area contributed by atoms with Gasteiger partial charge < -0.3 is 21.5 Å². The Labute approximate surface area is 152 Å². The molecule has 1 aromatic heterocycles. The van der Waals surface area contributed by atoms with Crippen LogP contribution < -0.4 is 16.4 Å². The lowest BCUT2D eigenvalue weighted by Crippen LogP contribution is -2.49. The molecule has 7 heteroatoms. The first-order chi connectivity index (χ1) is 12.1. The summed E-state index contributed by atoms with van der Waals surface area (Å²) in [5, 5.41) is 16.7. The maximum atomic E-state index is 9.86. The zero-order valence-electron chi connectivity index (χ0n) is 14.4. The first-order valence-electron chi connectivity index (χ1n) is 8.43. The number of thioether (sulfide) groups is 1. The Morgan fingerprint density at radius 1 is 1.36 bits per heavy atom. The SMILES string of the molecule is CC(CO)(CSCc1ccccc1)NCC1CNc2c(N)ncnc21. The third-order valence-electron chi connectivity index (χ3n) is 4.47. The molecule has 0 saturated carbocycles. The number of rotatable bonds is 8. The van der Waals surface area contributed by atoms with Crippen molar-refractivity contribution in [2.75, 3.05) is 36.5 Å². The third-order valence-corrected chi connectivity index (χ3v) is 5.85. The highest BCUT2D eigenvalue weighted by Gasteiger charge is 2.29. The number of benzene rings is 1. The van der Waals surface area contributed by atoms with Gasteiger partial charge in [0.15, 0.2) is 5.82 Å². The minimum absolute atomic E-state index is 0.0910. The number of aromatic nitrogens is 2. The summed E-state index contributed by atoms with van der Waals surface area (Å²) < 4.78 is 0. The normalized spacial score (nSPS) is 18.4. The highest BCUT2D eigenvalue weighted by Crippen LogP contribution is 2.32. The zero-order valence-corrected chi connectivity index (χ0v) is 15.2. The molecule has 2 heterocycles. The number of nitrogens with zero attached hydrogens (tertiary/aromatic N) is 2. The smallest absolute Gasteiger partial charge is 0.150 e. The summed E-state index contributed by atoms with van der Waals surface area (Å²) in [7, 11) is 0. The monoisotopic (exact) mass is 359 g/mol. The summed E-state index contributed by atoms with van der Waals surface area (Å²) in [5.41, 5.74) is 8.65. The largest absolute Gasteiger partial charge is 0.394 e. The van der Waals surface area contributed by atoms with Crippen LogP contribution in [-0.2, 0) is 5.75 Å². The molecule has 2 atom stereocenters. The Balaban J connectivity index is 1.53. The molecule has 5 N–H and O–H groups in total. The average molecular weight is 359 g/mol. The van der Waals surface area contributed by atoms with E-state index in [9.17, 15) is 5.11 Å². The zero-order chi connectivity index (χ0) is 17.7. The van der Waals surface area contributed by atoms with Gasteiger partial charge in [-0.1, -0.05) is 30.3 Å². The topological polar surface area (TPSA) is 96.1 Å². The summed E-state index contributed by atoms with van der Waals surface area (Å²) in [6.45, 7) is 3.67. The van der Waals surface area contributed by atoms with Crippen LogP contribution in [0.2, 0.25) is 0 Å². The molecule has 0 saturated heterocycles. The van der Waals surface area contributed by atoms with E-state index < -0.39 is 0 Å². The van der Waals surface area contributed by atoms with Crippen LogP contribution in [-0.4, -0.2) is 46.1 Å². The van der Waals surface area contributed by atoms with Crippen molar-refractivity contribution in [3.8, 4) is 0 Å². The molecule has 0 amide bonds. The number of aliphatic hydroxyl groups is 1. The van der Waals surface area contributed by atoms with E-state index in [4.69, 9.17) is 5.73 Å². The average Bonchev–Trinajstić information content (AvgIpc) is 3.06. The first-order valence-corrected chi connectivity index (χ1v) is 9.58. The van der Waals surface area contributed by atoms with Gasteiger partial charge in [0.05, 0.1) is 18.0 Å². The van der Waals surface area contributed by atoms with Crippen LogP contribution in [0.25, 0.3) is 0 Å². The molecular weight excluding hydrogens is 334 g/mol. The number of aliphatic hydroxyl groups excluding tert-OH is 1. The predicted molar refractivity (Wildman–Crippen MR) is 104 cm³/mol. The molecule has 0 aliphatic carbocycles. The Kier molecular flexibility index (Phi) is 5.78. The second-order valence-electron chi connectivity index (χ2n) is 6.68. The van der Waals surface area contributed by atoms with Crippen LogP contribution in [0.3, 0.4) is 0 Å². The van der Waals surface area contributed by atoms with Crippen LogP contribution in [0.5, 0.6) is 0 Å². The van der Waals surface area contributed by atoms with Crippen molar-refractivity contribution in [3.05, 3.63) is 47.9 Å². The van der Waals surface area contributed by atoms with Crippen LogP contribution in [0, 0.1) is 0 Å². The number of nitrogens with two attached hydrogens (primary N) is 1. The molecule has 1 aliphatic rings. The van der Waals surface area contributed by atoms with E-state index in [1.807, 2.05) is 17.8 Å². The first kappa shape index (κ1) is 18.0. The predicted octanol–water partition coefficient (Wildman–Crippen LogP) is 1.84. The lowest BCUT2D eigenvalue weighted by molar-refractivity contribution is 0.190. The Morgan fingerprint density at radius 3 is 2.92 bits per heavy atom. The summed E-state index contributed by atoms with van der Waals surface area (Å²) in [5.74, 6) is 2.49. The van der Waals surface area contributed by atoms with Gasteiger partial charge in [-0.05, 0) is 12.5 Å². The minimum Gasteiger partial charge on any atom is -0.394 e. The molecule has 2 unspecified atom stereocenters. The van der Waals surface area contributed by atoms with Gasteiger partial charge >= 0.3 is 0 Å². The molecule has 0 bridgehead atoms. The van der Waals surface area contributed by atoms with E-state index in [1.54, 1.807) is 0 Å². The van der Waals surface area contributed by atoms with E-state index in [0.29, 0.717) is 5.82 Å². The number of hydrogen-bond acceptors (Lipinski definition) is 7. The number of fused-ring (bicyclic) bond motifs is 1. The number of hydrogen-bond donors (Lipinski definition) is 4. The van der Waals surface area contributed by atoms with Crippen molar-refractivity contribution >= 4 is 23.3 Å². The molecule has 0 radical (unpaired) electrons. The maximum Gasteiger partial charge on any atom is 0.150 e. The van der Waals surface area contributed by atoms with Gasteiger partial charge in [-0.3, -0.25) is 0 Å². The lowest BCUT2D eigenvalue weighted by Gasteiger charge is -2.30. The molecule has 6 nitrogen and oxygen atoms in total. The van der Waals surface area contributed by atoms with Crippen LogP contribution in [0.15, 0.2) is 36.7 Å². The Morgan fingerprint density at radius 2 is 2.16 bits per heavy atom. The van der Waals surface area contributed by atoms with Crippen LogP contribution in [0.4, 0.5) is 11.5 Å². The summed E-state index contributed by atoms with van der Waals surface area (Å²) in [6.07, 6.45) is 1.51. The molecule has 1 aromatic carbocycles. The fraction of sp³-hybridized carbons (Fsp3) is 0.444. The molecule has 3 rings (SSSR count). The van der Waals surface area contributed by atoms with E-state index in [1.165, 1.54) is 11.9 Å². The van der Waals surface area contributed by atoms with Gasteiger partial charge in [-0.25, -0.2) is 9.97 Å². The molecule has 2 aromatic rings. The Hall–Kier alpha value is -1.83. The summed E-state index contributed by atoms with van der Waals surface area (Å²) >= 11 is 1.82. The molecule has 134 valence electrons. The van der Waals surface area contributed by atoms with Crippen molar-refractivity contribution in [2.24, 2.45) is 0 Å². The van der Waals surface area contributed by atoms with Crippen molar-refractivity contribution in [2.45, 2.75) is 24.1 Å². The highest BCUT2D eigenvalue weighted by molar-refractivity contribution is 7.98. The fourth-order valence-electron chi connectivity index (χ4n) is 2.89. The minimum atomic E-state index is -0.333. The summed E-state index contributed by atoms with van der Waals surface area (Å²) in [6, 6.07) is 10.4. The molecule has 25 heavy (non-hydrogen) atoms. The van der Waals surface area contributed by atoms with Crippen molar-refractivity contribution < 1.29 is 5.11 Å². The maximum absolute atomic E-state index is 9.86. The van der Waals surface area contributed by atoms with Gasteiger partial charge in [-0.15, -0.1) is 0 Å². The van der Waals surface area contributed by atoms with Crippen molar-refractivity contribution in [1.29, 1.82) is 0 Å². The number of anilines is 2. The fourth-order valence-corrected chi connectivity index (χ4v) is 4.06. The van der Waals surface area contributed by atoms with E-state index >= 15 is 0 Å². The Bertz CT molecular complexity index is 699. The standard InChI is InChI=1S/C18H25N5OS/c1-18(10-24,11-25-9-13-5-3-2-4-6-13)23-8-14-7-20-16-15(14)21-12-22-17(16)19/h2-6,12,14,20,23-24H,7-11H2,1H3,(H2,19,21,22). The second-order valence-corrected chi connectivity index (χ2v) is 7.66. The van der Waals surface area contributed by atoms with Gasteiger partial charge in [-0.2, -0.15) is 11.8 Å². The molecule has 0 spiro atoms. The van der Waals surface area contributed by atoms with Gasteiger partial charge in [0.1, 0.15) is 6.33 Å².